The molecule has 0 spiro atoms. The second-order valence-corrected chi connectivity index (χ2v) is 8.58. The Morgan fingerprint density at radius 3 is 2.17 bits per heavy atom. The van der Waals surface area contributed by atoms with Crippen LogP contribution in [0.4, 0.5) is 0 Å². The van der Waals surface area contributed by atoms with Gasteiger partial charge < -0.3 is 15.3 Å². The molecule has 0 saturated heterocycles. The van der Waals surface area contributed by atoms with E-state index < -0.39 is 12.0 Å². The normalized spacial score (nSPS) is 16.1. The molecule has 2 aromatic rings. The molecule has 3 rings (SSSR count). The number of rotatable bonds is 4. The summed E-state index contributed by atoms with van der Waals surface area (Å²) in [4.78, 5) is 38.4. The zero-order chi connectivity index (χ0) is 21.2. The van der Waals surface area contributed by atoms with Crippen LogP contribution in [0.5, 0.6) is 0 Å². The summed E-state index contributed by atoms with van der Waals surface area (Å²) in [5.41, 5.74) is 2.71. The number of benzene rings is 2. The van der Waals surface area contributed by atoms with Crippen molar-refractivity contribution in [2.24, 2.45) is 5.41 Å². The quantitative estimate of drug-likeness (QED) is 0.834. The van der Waals surface area contributed by atoms with E-state index in [1.54, 1.807) is 24.3 Å². The van der Waals surface area contributed by atoms with Gasteiger partial charge in [0.1, 0.15) is 6.04 Å². The maximum absolute atomic E-state index is 13.0. The number of carboxylic acids is 1. The molecular formula is C23H26N2O4. The summed E-state index contributed by atoms with van der Waals surface area (Å²) in [7, 11) is 0. The minimum absolute atomic E-state index is 0.0258. The number of carboxylic acid groups (broad SMARTS) is 1. The van der Waals surface area contributed by atoms with Crippen LogP contribution >= 0.6 is 0 Å². The molecule has 6 heteroatoms. The molecule has 0 bridgehead atoms. The molecule has 0 fully saturated rings. The van der Waals surface area contributed by atoms with Crippen LogP contribution in [0, 0.1) is 5.41 Å². The second kappa shape index (κ2) is 8.07. The first-order valence-electron chi connectivity index (χ1n) is 9.64. The number of aliphatic carboxylic acids is 1. The van der Waals surface area contributed by atoms with Gasteiger partial charge >= 0.3 is 5.97 Å². The first-order valence-corrected chi connectivity index (χ1v) is 9.64. The van der Waals surface area contributed by atoms with Crippen LogP contribution in [-0.4, -0.2) is 40.4 Å². The number of carbonyl (C=O) groups excluding carboxylic acids is 2. The first kappa shape index (κ1) is 20.6. The second-order valence-electron chi connectivity index (χ2n) is 8.58. The zero-order valence-corrected chi connectivity index (χ0v) is 16.9. The molecule has 1 atom stereocenters. The third-order valence-electron chi connectivity index (χ3n) is 4.97. The minimum atomic E-state index is -1.02. The Kier molecular flexibility index (Phi) is 5.73. The Labute approximate surface area is 170 Å². The van der Waals surface area contributed by atoms with Crippen molar-refractivity contribution in [2.75, 3.05) is 6.54 Å². The molecule has 0 saturated carbocycles. The van der Waals surface area contributed by atoms with Crippen LogP contribution in [0.25, 0.3) is 0 Å². The van der Waals surface area contributed by atoms with E-state index in [9.17, 15) is 19.5 Å². The molecule has 1 unspecified atom stereocenters. The van der Waals surface area contributed by atoms with Crippen molar-refractivity contribution in [1.82, 2.24) is 10.2 Å². The predicted octanol–water partition coefficient (Wildman–Crippen LogP) is 3.11. The van der Waals surface area contributed by atoms with Gasteiger partial charge in [0, 0.05) is 30.6 Å². The molecule has 29 heavy (non-hydrogen) atoms. The highest BCUT2D eigenvalue weighted by Gasteiger charge is 2.34. The van der Waals surface area contributed by atoms with Crippen molar-refractivity contribution in [3.8, 4) is 0 Å². The van der Waals surface area contributed by atoms with E-state index in [-0.39, 0.29) is 30.2 Å². The number of hydrogen-bond acceptors (Lipinski definition) is 3. The fourth-order valence-corrected chi connectivity index (χ4v) is 3.33. The molecule has 2 N–H and O–H groups in total. The lowest BCUT2D eigenvalue weighted by Crippen LogP contribution is -2.48. The van der Waals surface area contributed by atoms with Gasteiger partial charge in [-0.25, -0.2) is 4.79 Å². The van der Waals surface area contributed by atoms with Crippen molar-refractivity contribution in [2.45, 2.75) is 39.8 Å². The summed E-state index contributed by atoms with van der Waals surface area (Å²) in [5, 5.41) is 12.5. The summed E-state index contributed by atoms with van der Waals surface area (Å²) in [6.45, 7) is 6.89. The maximum atomic E-state index is 13.0. The Balaban J connectivity index is 1.77. The Bertz CT molecular complexity index is 929. The summed E-state index contributed by atoms with van der Waals surface area (Å²) in [6, 6.07) is 13.0. The molecule has 1 heterocycles. The fraction of sp³-hybridized carbons (Fsp3) is 0.348. The molecule has 1 aliphatic rings. The largest absolute Gasteiger partial charge is 0.480 e. The van der Waals surface area contributed by atoms with Gasteiger partial charge in [-0.1, -0.05) is 45.0 Å². The van der Waals surface area contributed by atoms with Crippen molar-refractivity contribution in [3.05, 3.63) is 70.8 Å². The van der Waals surface area contributed by atoms with Crippen molar-refractivity contribution < 1.29 is 19.5 Å². The molecule has 152 valence electrons. The minimum Gasteiger partial charge on any atom is -0.480 e. The van der Waals surface area contributed by atoms with Crippen LogP contribution in [0.2, 0.25) is 0 Å². The number of carbonyl (C=O) groups is 3. The van der Waals surface area contributed by atoms with Gasteiger partial charge in [0.15, 0.2) is 0 Å². The molecule has 0 radical (unpaired) electrons. The summed E-state index contributed by atoms with van der Waals surface area (Å²) in [5.74, 6) is -1.58. The highest BCUT2D eigenvalue weighted by Crippen LogP contribution is 2.25. The highest BCUT2D eigenvalue weighted by atomic mass is 16.4. The monoisotopic (exact) mass is 394 g/mol. The molecule has 1 aliphatic heterocycles. The smallest absolute Gasteiger partial charge is 0.326 e. The lowest BCUT2D eigenvalue weighted by molar-refractivity contribution is -0.142. The van der Waals surface area contributed by atoms with E-state index in [4.69, 9.17) is 0 Å². The number of nitrogens with zero attached hydrogens (tertiary/aromatic N) is 1. The zero-order valence-electron chi connectivity index (χ0n) is 16.9. The van der Waals surface area contributed by atoms with Gasteiger partial charge in [-0.15, -0.1) is 0 Å². The number of fused-ring (bicyclic) bond motifs is 1. The molecule has 0 aromatic heterocycles. The number of amides is 2. The van der Waals surface area contributed by atoms with Crippen molar-refractivity contribution >= 4 is 17.8 Å². The molecule has 0 aliphatic carbocycles. The SMILES string of the molecule is CC(C)(C)CNC(=O)c1ccc(C(=O)N2Cc3ccccc3CC2C(=O)O)cc1. The lowest BCUT2D eigenvalue weighted by atomic mass is 9.93. The van der Waals surface area contributed by atoms with Crippen LogP contribution < -0.4 is 5.32 Å². The lowest BCUT2D eigenvalue weighted by Gasteiger charge is -2.34. The molecule has 2 aromatic carbocycles. The van der Waals surface area contributed by atoms with Crippen LogP contribution in [-0.2, 0) is 17.8 Å². The van der Waals surface area contributed by atoms with Gasteiger partial charge in [-0.05, 0) is 40.8 Å². The number of nitrogens with one attached hydrogen (secondary N) is 1. The summed E-state index contributed by atoms with van der Waals surface area (Å²) < 4.78 is 0. The van der Waals surface area contributed by atoms with E-state index >= 15 is 0 Å². The maximum Gasteiger partial charge on any atom is 0.326 e. The third kappa shape index (κ3) is 4.83. The van der Waals surface area contributed by atoms with E-state index in [2.05, 4.69) is 5.32 Å². The molecule has 6 nitrogen and oxygen atoms in total. The van der Waals surface area contributed by atoms with E-state index in [1.165, 1.54) is 4.90 Å². The first-order chi connectivity index (χ1) is 13.7. The van der Waals surface area contributed by atoms with E-state index in [1.807, 2.05) is 45.0 Å². The summed E-state index contributed by atoms with van der Waals surface area (Å²) in [6.07, 6.45) is 0.282. The Hall–Kier alpha value is -3.15. The van der Waals surface area contributed by atoms with Crippen LogP contribution in [0.3, 0.4) is 0 Å². The molecular weight excluding hydrogens is 368 g/mol. The van der Waals surface area contributed by atoms with Crippen molar-refractivity contribution in [3.63, 3.8) is 0 Å². The number of hydrogen-bond donors (Lipinski definition) is 2. The standard InChI is InChI=1S/C23H26N2O4/c1-23(2,3)14-24-20(26)15-8-10-16(11-9-15)21(27)25-13-18-7-5-4-6-17(18)12-19(25)22(28)29/h4-11,19H,12-14H2,1-3H3,(H,24,26)(H,28,29). The van der Waals surface area contributed by atoms with Crippen LogP contribution in [0.1, 0.15) is 52.6 Å². The van der Waals surface area contributed by atoms with Crippen molar-refractivity contribution in [1.29, 1.82) is 0 Å². The highest BCUT2D eigenvalue weighted by molar-refractivity contribution is 5.99. The van der Waals surface area contributed by atoms with E-state index in [0.717, 1.165) is 11.1 Å². The molecule has 2 amide bonds. The van der Waals surface area contributed by atoms with Crippen LogP contribution in [0.15, 0.2) is 48.5 Å². The summed E-state index contributed by atoms with van der Waals surface area (Å²) >= 11 is 0. The Morgan fingerprint density at radius 1 is 1.00 bits per heavy atom. The van der Waals surface area contributed by atoms with Gasteiger partial charge in [-0.2, -0.15) is 0 Å². The fourth-order valence-electron chi connectivity index (χ4n) is 3.33. The predicted molar refractivity (Wildman–Crippen MR) is 110 cm³/mol. The van der Waals surface area contributed by atoms with Gasteiger partial charge in [0.2, 0.25) is 0 Å². The Morgan fingerprint density at radius 2 is 1.59 bits per heavy atom. The third-order valence-corrected chi connectivity index (χ3v) is 4.97. The topological polar surface area (TPSA) is 86.7 Å². The average Bonchev–Trinajstić information content (AvgIpc) is 2.70. The van der Waals surface area contributed by atoms with Gasteiger partial charge in [0.05, 0.1) is 0 Å². The van der Waals surface area contributed by atoms with Gasteiger partial charge in [-0.3, -0.25) is 9.59 Å². The average molecular weight is 394 g/mol. The van der Waals surface area contributed by atoms with Gasteiger partial charge in [0.25, 0.3) is 11.8 Å². The van der Waals surface area contributed by atoms with E-state index in [0.29, 0.717) is 17.7 Å².